The highest BCUT2D eigenvalue weighted by atomic mass is 28.4. The van der Waals surface area contributed by atoms with E-state index in [0.717, 1.165) is 6.26 Å². The van der Waals surface area contributed by atoms with Crippen LogP contribution in [0.3, 0.4) is 0 Å². The van der Waals surface area contributed by atoms with Gasteiger partial charge in [0.15, 0.2) is 31.7 Å². The van der Waals surface area contributed by atoms with Crippen LogP contribution >= 0.6 is 0 Å². The standard InChI is InChI=1S/C25H36O9Si/c1-25(2,3)35(7,8)32-13-19-22(14-9-16(29-4)21(28)17(10-14)30-5)34-24-20(27)15(12-26)11-18(31-6)23(24)33-19/h9-12,19,22-24,26,28H,13H2,1-8H3/b15-12+/t19-,22-,23?,24?/m0/s1. The third kappa shape index (κ3) is 5.20. The zero-order valence-corrected chi connectivity index (χ0v) is 22.6. The van der Waals surface area contributed by atoms with E-state index in [1.165, 1.54) is 27.4 Å². The summed E-state index contributed by atoms with van der Waals surface area (Å²) < 4.78 is 35.3. The van der Waals surface area contributed by atoms with Gasteiger partial charge in [0.25, 0.3) is 0 Å². The average Bonchev–Trinajstić information content (AvgIpc) is 2.82. The number of rotatable bonds is 7. The topological polar surface area (TPSA) is 113 Å². The molecule has 0 bridgehead atoms. The summed E-state index contributed by atoms with van der Waals surface area (Å²) in [6, 6.07) is 3.24. The first-order valence-corrected chi connectivity index (χ1v) is 14.3. The van der Waals surface area contributed by atoms with Crippen LogP contribution in [-0.4, -0.2) is 70.6 Å². The van der Waals surface area contributed by atoms with E-state index in [0.29, 0.717) is 11.3 Å². The van der Waals surface area contributed by atoms with E-state index in [-0.39, 0.29) is 34.5 Å². The van der Waals surface area contributed by atoms with Gasteiger partial charge in [0.1, 0.15) is 24.1 Å². The number of aliphatic hydroxyl groups is 1. The molecule has 1 aliphatic heterocycles. The molecule has 1 heterocycles. The lowest BCUT2D eigenvalue weighted by Gasteiger charge is -2.45. The van der Waals surface area contributed by atoms with Crippen molar-refractivity contribution in [2.24, 2.45) is 0 Å². The maximum atomic E-state index is 13.0. The Balaban J connectivity index is 2.05. The molecule has 0 amide bonds. The van der Waals surface area contributed by atoms with Crippen LogP contribution in [0.1, 0.15) is 32.4 Å². The Morgan fingerprint density at radius 1 is 1.00 bits per heavy atom. The zero-order valence-electron chi connectivity index (χ0n) is 21.6. The summed E-state index contributed by atoms with van der Waals surface area (Å²) in [5.41, 5.74) is 0.636. The van der Waals surface area contributed by atoms with E-state index in [1.54, 1.807) is 12.1 Å². The lowest BCUT2D eigenvalue weighted by Crippen LogP contribution is -2.54. The number of ether oxygens (including phenoxy) is 5. The van der Waals surface area contributed by atoms with Crippen LogP contribution in [0.2, 0.25) is 18.1 Å². The van der Waals surface area contributed by atoms with Gasteiger partial charge in [-0.3, -0.25) is 4.79 Å². The van der Waals surface area contributed by atoms with Crippen molar-refractivity contribution in [3.8, 4) is 17.2 Å². The molecule has 194 valence electrons. The van der Waals surface area contributed by atoms with Crippen molar-refractivity contribution in [2.75, 3.05) is 27.9 Å². The van der Waals surface area contributed by atoms with Gasteiger partial charge in [0.05, 0.1) is 39.8 Å². The van der Waals surface area contributed by atoms with E-state index in [4.69, 9.17) is 28.1 Å². The number of aliphatic hydroxyl groups excluding tert-OH is 1. The fourth-order valence-corrected chi connectivity index (χ4v) is 4.83. The molecule has 0 spiro atoms. The molecule has 35 heavy (non-hydrogen) atoms. The summed E-state index contributed by atoms with van der Waals surface area (Å²) >= 11 is 0. The number of carbonyl (C=O) groups is 1. The molecule has 0 saturated carbocycles. The summed E-state index contributed by atoms with van der Waals surface area (Å²) in [6.45, 7) is 10.9. The van der Waals surface area contributed by atoms with Crippen LogP contribution in [0, 0.1) is 0 Å². The van der Waals surface area contributed by atoms with Gasteiger partial charge in [0, 0.05) is 0 Å². The first-order valence-electron chi connectivity index (χ1n) is 11.4. The van der Waals surface area contributed by atoms with Gasteiger partial charge in [0.2, 0.25) is 5.75 Å². The molecular weight excluding hydrogens is 472 g/mol. The summed E-state index contributed by atoms with van der Waals surface area (Å²) in [5.74, 6) is 0.178. The van der Waals surface area contributed by atoms with Crippen molar-refractivity contribution in [1.82, 2.24) is 0 Å². The summed E-state index contributed by atoms with van der Waals surface area (Å²) in [7, 11) is 2.20. The SMILES string of the molecule is COC1=C/C(=C\O)C(=O)C2O[C@@H](c3cc(OC)c(O)c(OC)c3)[C@H](CO[Si](C)(C)C(C)(C)C)OC12. The number of aromatic hydroxyl groups is 1. The van der Waals surface area contributed by atoms with Crippen molar-refractivity contribution in [3.05, 3.63) is 41.4 Å². The second kappa shape index (κ2) is 10.2. The molecule has 1 aliphatic carbocycles. The Labute approximate surface area is 207 Å². The minimum atomic E-state index is -2.14. The second-order valence-corrected chi connectivity index (χ2v) is 14.9. The van der Waals surface area contributed by atoms with Crippen molar-refractivity contribution in [1.29, 1.82) is 0 Å². The third-order valence-corrected chi connectivity index (χ3v) is 11.5. The molecule has 9 nitrogen and oxygen atoms in total. The molecule has 1 aromatic carbocycles. The molecule has 1 aromatic rings. The van der Waals surface area contributed by atoms with Crippen molar-refractivity contribution in [3.63, 3.8) is 0 Å². The number of ketones is 1. The molecule has 2 unspecified atom stereocenters. The molecular formula is C25H36O9Si. The van der Waals surface area contributed by atoms with E-state index in [9.17, 15) is 15.0 Å². The number of benzene rings is 1. The van der Waals surface area contributed by atoms with Crippen molar-refractivity contribution in [2.45, 2.75) is 63.3 Å². The maximum Gasteiger partial charge on any atom is 0.200 e. The molecule has 1 saturated heterocycles. The third-order valence-electron chi connectivity index (χ3n) is 6.97. The predicted octanol–water partition coefficient (Wildman–Crippen LogP) is 4.18. The van der Waals surface area contributed by atoms with Crippen LogP contribution in [0.25, 0.3) is 0 Å². The summed E-state index contributed by atoms with van der Waals surface area (Å²) in [4.78, 5) is 13.0. The predicted molar refractivity (Wildman–Crippen MR) is 131 cm³/mol. The van der Waals surface area contributed by atoms with Gasteiger partial charge in [-0.25, -0.2) is 0 Å². The van der Waals surface area contributed by atoms with Gasteiger partial charge in [-0.1, -0.05) is 20.8 Å². The van der Waals surface area contributed by atoms with Crippen LogP contribution in [0.5, 0.6) is 17.2 Å². The molecule has 10 heteroatoms. The molecule has 2 N–H and O–H groups in total. The monoisotopic (exact) mass is 508 g/mol. The Morgan fingerprint density at radius 2 is 1.60 bits per heavy atom. The Bertz CT molecular complexity index is 984. The Morgan fingerprint density at radius 3 is 2.09 bits per heavy atom. The summed E-state index contributed by atoms with van der Waals surface area (Å²) in [5, 5.41) is 19.9. The van der Waals surface area contributed by atoms with E-state index in [1.807, 2.05) is 0 Å². The number of Topliss-reactive ketones (excluding diaryl/α,β-unsaturated/α-hetero) is 1. The fourth-order valence-electron chi connectivity index (χ4n) is 3.82. The highest BCUT2D eigenvalue weighted by molar-refractivity contribution is 6.74. The number of phenolic OH excluding ortho intramolecular Hbond substituents is 1. The minimum Gasteiger partial charge on any atom is -0.515 e. The minimum absolute atomic E-state index is 0.0231. The van der Waals surface area contributed by atoms with Crippen LogP contribution < -0.4 is 9.47 Å². The van der Waals surface area contributed by atoms with E-state index < -0.39 is 38.5 Å². The van der Waals surface area contributed by atoms with Crippen LogP contribution in [0.4, 0.5) is 0 Å². The maximum absolute atomic E-state index is 13.0. The molecule has 1 fully saturated rings. The molecule has 3 rings (SSSR count). The van der Waals surface area contributed by atoms with Gasteiger partial charge >= 0.3 is 0 Å². The number of hydrogen-bond donors (Lipinski definition) is 2. The van der Waals surface area contributed by atoms with Gasteiger partial charge in [-0.2, -0.15) is 0 Å². The van der Waals surface area contributed by atoms with Crippen molar-refractivity contribution < 1.29 is 43.1 Å². The number of phenols is 1. The zero-order chi connectivity index (χ0) is 26.1. The Kier molecular flexibility index (Phi) is 7.90. The number of carbonyl (C=O) groups excluding carboxylic acids is 1. The highest BCUT2D eigenvalue weighted by Crippen LogP contribution is 2.45. The molecule has 4 atom stereocenters. The smallest absolute Gasteiger partial charge is 0.200 e. The Hall–Kier alpha value is -2.53. The molecule has 0 aromatic heterocycles. The van der Waals surface area contributed by atoms with Crippen LogP contribution in [0.15, 0.2) is 35.8 Å². The first-order chi connectivity index (χ1) is 16.4. The molecule has 0 radical (unpaired) electrons. The van der Waals surface area contributed by atoms with Gasteiger partial charge < -0.3 is 38.3 Å². The second-order valence-electron chi connectivity index (χ2n) is 10.1. The highest BCUT2D eigenvalue weighted by Gasteiger charge is 2.49. The number of allylic oxidation sites excluding steroid dienone is 1. The lowest BCUT2D eigenvalue weighted by molar-refractivity contribution is -0.224. The van der Waals surface area contributed by atoms with Crippen LogP contribution in [-0.2, 0) is 23.4 Å². The number of hydrogen-bond acceptors (Lipinski definition) is 9. The molecule has 2 aliphatic rings. The first kappa shape index (κ1) is 27.1. The summed E-state index contributed by atoms with van der Waals surface area (Å²) in [6.07, 6.45) is -1.05. The van der Waals surface area contributed by atoms with Crippen molar-refractivity contribution >= 4 is 14.1 Å². The number of methoxy groups -OCH3 is 3. The fraction of sp³-hybridized carbons (Fsp3) is 0.560. The normalized spacial score (nSPS) is 26.2. The quantitative estimate of drug-likeness (QED) is 0.318. The van der Waals surface area contributed by atoms with Gasteiger partial charge in [-0.05, 0) is 41.9 Å². The van der Waals surface area contributed by atoms with Gasteiger partial charge in [-0.15, -0.1) is 0 Å². The van der Waals surface area contributed by atoms with E-state index >= 15 is 0 Å². The number of fused-ring (bicyclic) bond motifs is 1. The van der Waals surface area contributed by atoms with E-state index in [2.05, 4.69) is 33.9 Å². The largest absolute Gasteiger partial charge is 0.515 e. The lowest BCUT2D eigenvalue weighted by atomic mass is 9.91. The average molecular weight is 509 g/mol.